The van der Waals surface area contributed by atoms with Crippen molar-refractivity contribution in [3.63, 3.8) is 0 Å². The summed E-state index contributed by atoms with van der Waals surface area (Å²) in [7, 11) is 0. The van der Waals surface area contributed by atoms with Crippen molar-refractivity contribution in [2.24, 2.45) is 0 Å². The van der Waals surface area contributed by atoms with E-state index >= 15 is 0 Å². The van der Waals surface area contributed by atoms with E-state index in [1.807, 2.05) is 10.6 Å². The summed E-state index contributed by atoms with van der Waals surface area (Å²) < 4.78 is 15.5. The van der Waals surface area contributed by atoms with Gasteiger partial charge in [-0.25, -0.2) is 4.39 Å². The van der Waals surface area contributed by atoms with Crippen LogP contribution in [0.15, 0.2) is 30.6 Å². The Hall–Kier alpha value is -1.75. The van der Waals surface area contributed by atoms with Crippen LogP contribution in [-0.2, 0) is 6.54 Å². The molecule has 1 fully saturated rings. The second-order valence-electron chi connectivity index (χ2n) is 4.56. The van der Waals surface area contributed by atoms with Crippen molar-refractivity contribution in [1.82, 2.24) is 20.1 Å². The van der Waals surface area contributed by atoms with E-state index in [-0.39, 0.29) is 11.9 Å². The third-order valence-corrected chi connectivity index (χ3v) is 3.32. The van der Waals surface area contributed by atoms with Crippen molar-refractivity contribution in [3.8, 4) is 0 Å². The average Bonchev–Trinajstić information content (AvgIpc) is 3.02. The van der Waals surface area contributed by atoms with Crippen LogP contribution < -0.4 is 5.32 Å². The number of rotatable bonds is 3. The van der Waals surface area contributed by atoms with Crippen LogP contribution in [0, 0.1) is 5.82 Å². The molecule has 2 aromatic rings. The van der Waals surface area contributed by atoms with E-state index in [1.54, 1.807) is 18.5 Å². The van der Waals surface area contributed by atoms with Gasteiger partial charge in [0.1, 0.15) is 18.0 Å². The van der Waals surface area contributed by atoms with Crippen molar-refractivity contribution in [2.75, 3.05) is 6.54 Å². The van der Waals surface area contributed by atoms with Crippen molar-refractivity contribution >= 4 is 0 Å². The van der Waals surface area contributed by atoms with E-state index in [0.717, 1.165) is 25.2 Å². The zero-order valence-corrected chi connectivity index (χ0v) is 10.0. The number of halogens is 1. The fourth-order valence-corrected chi connectivity index (χ4v) is 2.37. The fraction of sp³-hybridized carbons (Fsp3) is 0.385. The van der Waals surface area contributed by atoms with Gasteiger partial charge in [-0.3, -0.25) is 0 Å². The minimum absolute atomic E-state index is 0.184. The Morgan fingerprint density at radius 2 is 2.28 bits per heavy atom. The summed E-state index contributed by atoms with van der Waals surface area (Å²) in [5.74, 6) is 0.715. The molecule has 0 radical (unpaired) electrons. The van der Waals surface area contributed by atoms with Crippen LogP contribution in [0.1, 0.15) is 30.3 Å². The van der Waals surface area contributed by atoms with Crippen LogP contribution >= 0.6 is 0 Å². The van der Waals surface area contributed by atoms with E-state index in [0.29, 0.717) is 12.1 Å². The van der Waals surface area contributed by atoms with Gasteiger partial charge in [-0.05, 0) is 25.5 Å². The largest absolute Gasteiger partial charge is 0.312 e. The summed E-state index contributed by atoms with van der Waals surface area (Å²) in [5, 5.41) is 11.5. The second kappa shape index (κ2) is 4.86. The highest BCUT2D eigenvalue weighted by molar-refractivity contribution is 5.18. The number of aromatic nitrogens is 3. The molecule has 3 rings (SSSR count). The Kier molecular flexibility index (Phi) is 3.06. The van der Waals surface area contributed by atoms with Crippen LogP contribution in [0.4, 0.5) is 4.39 Å². The Morgan fingerprint density at radius 3 is 3.06 bits per heavy atom. The van der Waals surface area contributed by atoms with Crippen LogP contribution in [0.25, 0.3) is 0 Å². The van der Waals surface area contributed by atoms with Crippen LogP contribution in [0.3, 0.4) is 0 Å². The van der Waals surface area contributed by atoms with Gasteiger partial charge in [0.15, 0.2) is 0 Å². The maximum Gasteiger partial charge on any atom is 0.150 e. The van der Waals surface area contributed by atoms with E-state index in [9.17, 15) is 4.39 Å². The third-order valence-electron chi connectivity index (χ3n) is 3.32. The highest BCUT2D eigenvalue weighted by Crippen LogP contribution is 2.21. The zero-order valence-electron chi connectivity index (χ0n) is 10.0. The molecule has 4 nitrogen and oxygen atoms in total. The Labute approximate surface area is 105 Å². The number of benzene rings is 1. The molecule has 0 saturated carbocycles. The molecule has 5 heteroatoms. The quantitative estimate of drug-likeness (QED) is 0.899. The molecule has 0 amide bonds. The molecule has 1 aromatic heterocycles. The first kappa shape index (κ1) is 11.3. The summed E-state index contributed by atoms with van der Waals surface area (Å²) in [6, 6.07) is 7.06. The standard InChI is InChI=1S/C13H15FN4/c14-11-5-2-1-4-10(11)8-18-9-16-17-13(18)12-6-3-7-15-12/h1-2,4-5,9,12,15H,3,6-8H2. The lowest BCUT2D eigenvalue weighted by molar-refractivity contribution is 0.550. The summed E-state index contributed by atoms with van der Waals surface area (Å²) in [6.07, 6.45) is 3.88. The van der Waals surface area contributed by atoms with Crippen LogP contribution in [0.5, 0.6) is 0 Å². The minimum atomic E-state index is -0.184. The predicted molar refractivity (Wildman–Crippen MR) is 65.5 cm³/mol. The molecule has 1 saturated heterocycles. The van der Waals surface area contributed by atoms with Crippen LogP contribution in [0.2, 0.25) is 0 Å². The summed E-state index contributed by atoms with van der Waals surface area (Å²) >= 11 is 0. The number of nitrogens with one attached hydrogen (secondary N) is 1. The van der Waals surface area contributed by atoms with Gasteiger partial charge < -0.3 is 9.88 Å². The predicted octanol–water partition coefficient (Wildman–Crippen LogP) is 1.89. The van der Waals surface area contributed by atoms with Gasteiger partial charge in [0.05, 0.1) is 12.6 Å². The molecule has 1 aliphatic heterocycles. The van der Waals surface area contributed by atoms with Gasteiger partial charge in [0.25, 0.3) is 0 Å². The molecule has 18 heavy (non-hydrogen) atoms. The molecule has 0 bridgehead atoms. The molecule has 0 spiro atoms. The van der Waals surface area contributed by atoms with Crippen molar-refractivity contribution < 1.29 is 4.39 Å². The first-order chi connectivity index (χ1) is 8.84. The Balaban J connectivity index is 1.85. The molecular weight excluding hydrogens is 231 g/mol. The molecule has 1 aromatic carbocycles. The van der Waals surface area contributed by atoms with E-state index in [4.69, 9.17) is 0 Å². The molecule has 94 valence electrons. The van der Waals surface area contributed by atoms with E-state index < -0.39 is 0 Å². The van der Waals surface area contributed by atoms with Gasteiger partial charge in [0, 0.05) is 5.56 Å². The molecule has 1 unspecified atom stereocenters. The zero-order chi connectivity index (χ0) is 12.4. The monoisotopic (exact) mass is 246 g/mol. The fourth-order valence-electron chi connectivity index (χ4n) is 2.37. The molecule has 1 N–H and O–H groups in total. The minimum Gasteiger partial charge on any atom is -0.312 e. The normalized spacial score (nSPS) is 19.3. The van der Waals surface area contributed by atoms with Gasteiger partial charge in [0.2, 0.25) is 0 Å². The van der Waals surface area contributed by atoms with Crippen molar-refractivity contribution in [1.29, 1.82) is 0 Å². The maximum atomic E-state index is 13.6. The molecule has 2 heterocycles. The van der Waals surface area contributed by atoms with Crippen LogP contribution in [-0.4, -0.2) is 21.3 Å². The van der Waals surface area contributed by atoms with Gasteiger partial charge in [-0.1, -0.05) is 18.2 Å². The Bertz CT molecular complexity index is 531. The third kappa shape index (κ3) is 2.13. The summed E-state index contributed by atoms with van der Waals surface area (Å²) in [6.45, 7) is 1.49. The van der Waals surface area contributed by atoms with E-state index in [2.05, 4.69) is 15.5 Å². The summed E-state index contributed by atoms with van der Waals surface area (Å²) in [5.41, 5.74) is 0.663. The SMILES string of the molecule is Fc1ccccc1Cn1cnnc1C1CCCN1. The van der Waals surface area contributed by atoms with Gasteiger partial charge >= 0.3 is 0 Å². The van der Waals surface area contributed by atoms with E-state index in [1.165, 1.54) is 6.07 Å². The lowest BCUT2D eigenvalue weighted by atomic mass is 10.2. The van der Waals surface area contributed by atoms with Gasteiger partial charge in [-0.15, -0.1) is 10.2 Å². The van der Waals surface area contributed by atoms with Crippen molar-refractivity contribution in [3.05, 3.63) is 47.8 Å². The molecule has 0 aliphatic carbocycles. The number of hydrogen-bond donors (Lipinski definition) is 1. The molecule has 1 aliphatic rings. The first-order valence-corrected chi connectivity index (χ1v) is 6.19. The maximum absolute atomic E-state index is 13.6. The highest BCUT2D eigenvalue weighted by Gasteiger charge is 2.21. The molecular formula is C13H15FN4. The number of nitrogens with zero attached hydrogens (tertiary/aromatic N) is 3. The van der Waals surface area contributed by atoms with Gasteiger partial charge in [-0.2, -0.15) is 0 Å². The average molecular weight is 246 g/mol. The summed E-state index contributed by atoms with van der Waals surface area (Å²) in [4.78, 5) is 0. The first-order valence-electron chi connectivity index (χ1n) is 6.19. The topological polar surface area (TPSA) is 42.7 Å². The highest BCUT2D eigenvalue weighted by atomic mass is 19.1. The lowest BCUT2D eigenvalue weighted by Crippen LogP contribution is -2.18. The lowest BCUT2D eigenvalue weighted by Gasteiger charge is -2.12. The second-order valence-corrected chi connectivity index (χ2v) is 4.56. The molecule has 1 atom stereocenters. The smallest absolute Gasteiger partial charge is 0.150 e. The van der Waals surface area contributed by atoms with Crippen molar-refractivity contribution in [2.45, 2.75) is 25.4 Å². The Morgan fingerprint density at radius 1 is 1.39 bits per heavy atom. The number of hydrogen-bond acceptors (Lipinski definition) is 3.